The normalized spacial score (nSPS) is 11.9. The fourth-order valence-electron chi connectivity index (χ4n) is 4.24. The number of benzene rings is 1. The minimum Gasteiger partial charge on any atom is -0.497 e. The number of unbranched alkanes of at least 4 members (excludes halogenated alkanes) is 8. The van der Waals surface area contributed by atoms with E-state index in [-0.39, 0.29) is 6.09 Å². The van der Waals surface area contributed by atoms with Crippen molar-refractivity contribution in [1.82, 2.24) is 9.47 Å². The minimum atomic E-state index is -0.300. The molecule has 0 unspecified atom stereocenters. The van der Waals surface area contributed by atoms with Gasteiger partial charge in [-0.25, -0.2) is 4.79 Å². The van der Waals surface area contributed by atoms with Gasteiger partial charge in [-0.3, -0.25) is 4.57 Å². The van der Waals surface area contributed by atoms with Gasteiger partial charge in [0.15, 0.2) is 0 Å². The van der Waals surface area contributed by atoms with E-state index in [0.717, 1.165) is 60.9 Å². The first kappa shape index (κ1) is 29.7. The molecule has 0 aliphatic heterocycles. The number of nitrogens with zero attached hydrogens (tertiary/aromatic N) is 2. The van der Waals surface area contributed by atoms with Gasteiger partial charge in [0.25, 0.3) is 0 Å². The van der Waals surface area contributed by atoms with E-state index in [1.807, 2.05) is 24.4 Å². The van der Waals surface area contributed by atoms with E-state index in [2.05, 4.69) is 50.2 Å². The molecule has 0 atom stereocenters. The summed E-state index contributed by atoms with van der Waals surface area (Å²) < 4.78 is 12.6. The average Bonchev–Trinajstić information content (AvgIpc) is 3.25. The molecule has 0 amide bonds. The maximum atomic E-state index is 12.8. The van der Waals surface area contributed by atoms with Gasteiger partial charge in [-0.05, 0) is 82.8 Å². The maximum absolute atomic E-state index is 12.8. The van der Waals surface area contributed by atoms with Crippen molar-refractivity contribution in [2.45, 2.75) is 84.0 Å². The number of fused-ring (bicyclic) bond motifs is 1. The summed E-state index contributed by atoms with van der Waals surface area (Å²) in [5.41, 5.74) is 2.00. The standard InChI is InChI=1S/C31H48N2O3/c1-5-6-7-8-9-10-11-12-13-14-15-16-17-18-19-24-36-31(34)33-26-27(22-23-32(2)3)29-25-28(35-4)20-21-30(29)33/h9-10,12-13,20-21,25-26H,5-8,11,14-19,22-24H2,1-4H3/b10-9-,13-12-. The predicted molar refractivity (Wildman–Crippen MR) is 152 cm³/mol. The largest absolute Gasteiger partial charge is 0.497 e. The number of methoxy groups -OCH3 is 1. The van der Waals surface area contributed by atoms with Crippen molar-refractivity contribution < 1.29 is 14.3 Å². The lowest BCUT2D eigenvalue weighted by atomic mass is 10.1. The van der Waals surface area contributed by atoms with Gasteiger partial charge in [0.05, 0.1) is 19.2 Å². The van der Waals surface area contributed by atoms with Crippen LogP contribution in [0.4, 0.5) is 4.79 Å². The maximum Gasteiger partial charge on any atom is 0.418 e. The number of ether oxygens (including phenoxy) is 2. The molecular weight excluding hydrogens is 448 g/mol. The van der Waals surface area contributed by atoms with Crippen LogP contribution in [0.5, 0.6) is 5.75 Å². The second-order valence-electron chi connectivity index (χ2n) is 9.81. The molecule has 36 heavy (non-hydrogen) atoms. The molecule has 5 nitrogen and oxygen atoms in total. The molecule has 0 spiro atoms. The molecule has 200 valence electrons. The Balaban J connectivity index is 1.65. The molecule has 1 heterocycles. The third kappa shape index (κ3) is 11.0. The second kappa shape index (κ2) is 17.8. The minimum absolute atomic E-state index is 0.300. The van der Waals surface area contributed by atoms with E-state index in [4.69, 9.17) is 9.47 Å². The van der Waals surface area contributed by atoms with E-state index in [0.29, 0.717) is 6.61 Å². The van der Waals surface area contributed by atoms with Crippen LogP contribution in [0.2, 0.25) is 0 Å². The predicted octanol–water partition coefficient (Wildman–Crippen LogP) is 8.16. The molecule has 1 aromatic carbocycles. The van der Waals surface area contributed by atoms with Crippen LogP contribution in [0, 0.1) is 0 Å². The highest BCUT2D eigenvalue weighted by Crippen LogP contribution is 2.27. The van der Waals surface area contributed by atoms with Crippen molar-refractivity contribution in [2.75, 3.05) is 34.4 Å². The molecule has 0 fully saturated rings. The number of likely N-dealkylation sites (N-methyl/N-ethyl adjacent to an activating group) is 1. The summed E-state index contributed by atoms with van der Waals surface area (Å²) >= 11 is 0. The lowest BCUT2D eigenvalue weighted by Crippen LogP contribution is -2.15. The van der Waals surface area contributed by atoms with Crippen molar-refractivity contribution in [3.8, 4) is 5.75 Å². The summed E-state index contributed by atoms with van der Waals surface area (Å²) in [7, 11) is 5.77. The van der Waals surface area contributed by atoms with Crippen LogP contribution < -0.4 is 4.74 Å². The van der Waals surface area contributed by atoms with Gasteiger partial charge < -0.3 is 14.4 Å². The number of carbonyl (C=O) groups excluding carboxylic acids is 1. The van der Waals surface area contributed by atoms with Crippen LogP contribution in [0.15, 0.2) is 48.7 Å². The molecular formula is C31H48N2O3. The van der Waals surface area contributed by atoms with Gasteiger partial charge in [0, 0.05) is 18.1 Å². The fourth-order valence-corrected chi connectivity index (χ4v) is 4.24. The third-order valence-electron chi connectivity index (χ3n) is 6.44. The molecule has 2 aromatic rings. The Morgan fingerprint density at radius 3 is 2.33 bits per heavy atom. The molecule has 0 aliphatic carbocycles. The zero-order valence-corrected chi connectivity index (χ0v) is 23.1. The summed E-state index contributed by atoms with van der Waals surface area (Å²) in [4.78, 5) is 14.9. The zero-order chi connectivity index (χ0) is 26.0. The number of allylic oxidation sites excluding steroid dienone is 4. The Kier molecular flexibility index (Phi) is 14.7. The number of hydrogen-bond donors (Lipinski definition) is 0. The van der Waals surface area contributed by atoms with Gasteiger partial charge in [-0.2, -0.15) is 0 Å². The van der Waals surface area contributed by atoms with Crippen molar-refractivity contribution >= 4 is 17.0 Å². The lowest BCUT2D eigenvalue weighted by molar-refractivity contribution is 0.146. The quantitative estimate of drug-likeness (QED) is 0.154. The molecule has 0 bridgehead atoms. The van der Waals surface area contributed by atoms with Crippen molar-refractivity contribution in [3.05, 3.63) is 54.3 Å². The monoisotopic (exact) mass is 496 g/mol. The SMILES string of the molecule is CCCCC/C=C\C/C=C\CCCCCCCOC(=O)n1cc(CCN(C)C)c2cc(OC)ccc21. The van der Waals surface area contributed by atoms with E-state index in [9.17, 15) is 4.79 Å². The first-order valence-electron chi connectivity index (χ1n) is 13.9. The zero-order valence-electron chi connectivity index (χ0n) is 23.1. The second-order valence-corrected chi connectivity index (χ2v) is 9.81. The molecule has 5 heteroatoms. The van der Waals surface area contributed by atoms with Crippen molar-refractivity contribution in [3.63, 3.8) is 0 Å². The Morgan fingerprint density at radius 2 is 1.64 bits per heavy atom. The number of carbonyl (C=O) groups is 1. The lowest BCUT2D eigenvalue weighted by Gasteiger charge is -2.08. The van der Waals surface area contributed by atoms with E-state index in [1.54, 1.807) is 11.7 Å². The Morgan fingerprint density at radius 1 is 0.944 bits per heavy atom. The van der Waals surface area contributed by atoms with Crippen molar-refractivity contribution in [1.29, 1.82) is 0 Å². The van der Waals surface area contributed by atoms with Gasteiger partial charge in [-0.1, -0.05) is 63.3 Å². The van der Waals surface area contributed by atoms with Gasteiger partial charge in [0.1, 0.15) is 5.75 Å². The van der Waals surface area contributed by atoms with Gasteiger partial charge in [0.2, 0.25) is 0 Å². The van der Waals surface area contributed by atoms with Crippen LogP contribution in [0.25, 0.3) is 10.9 Å². The first-order chi connectivity index (χ1) is 17.6. The van der Waals surface area contributed by atoms with Gasteiger partial charge >= 0.3 is 6.09 Å². The number of hydrogen-bond acceptors (Lipinski definition) is 4. The van der Waals surface area contributed by atoms with Crippen LogP contribution in [0.3, 0.4) is 0 Å². The molecule has 0 radical (unpaired) electrons. The topological polar surface area (TPSA) is 43.7 Å². The average molecular weight is 497 g/mol. The Hall–Kier alpha value is -2.53. The number of rotatable bonds is 18. The molecule has 0 saturated heterocycles. The summed E-state index contributed by atoms with van der Waals surface area (Å²) in [6.07, 6.45) is 24.7. The summed E-state index contributed by atoms with van der Waals surface area (Å²) in [6.45, 7) is 3.62. The fraction of sp³-hybridized carbons (Fsp3) is 0.581. The van der Waals surface area contributed by atoms with Crippen molar-refractivity contribution in [2.24, 2.45) is 0 Å². The molecule has 0 N–H and O–H groups in total. The van der Waals surface area contributed by atoms with Gasteiger partial charge in [-0.15, -0.1) is 0 Å². The number of aromatic nitrogens is 1. The smallest absolute Gasteiger partial charge is 0.418 e. The van der Waals surface area contributed by atoms with E-state index in [1.165, 1.54) is 44.9 Å². The summed E-state index contributed by atoms with van der Waals surface area (Å²) in [5, 5.41) is 1.05. The summed E-state index contributed by atoms with van der Waals surface area (Å²) in [6, 6.07) is 5.83. The Bertz CT molecular complexity index is 943. The van der Waals surface area contributed by atoms with Crippen LogP contribution in [-0.2, 0) is 11.2 Å². The highest BCUT2D eigenvalue weighted by atomic mass is 16.5. The highest BCUT2D eigenvalue weighted by Gasteiger charge is 2.15. The van der Waals surface area contributed by atoms with Crippen LogP contribution in [0.1, 0.15) is 83.1 Å². The molecule has 1 aromatic heterocycles. The Labute approximate surface area is 219 Å². The molecule has 0 aliphatic rings. The highest BCUT2D eigenvalue weighted by molar-refractivity contribution is 5.92. The van der Waals surface area contributed by atoms with Crippen LogP contribution >= 0.6 is 0 Å². The van der Waals surface area contributed by atoms with Crippen LogP contribution in [-0.4, -0.2) is 49.9 Å². The first-order valence-corrected chi connectivity index (χ1v) is 13.9. The molecule has 0 saturated carbocycles. The van der Waals surface area contributed by atoms with E-state index < -0.39 is 0 Å². The summed E-state index contributed by atoms with van der Waals surface area (Å²) in [5.74, 6) is 0.796. The molecule has 2 rings (SSSR count). The van der Waals surface area contributed by atoms with E-state index >= 15 is 0 Å². The third-order valence-corrected chi connectivity index (χ3v) is 6.44.